The molecule has 0 fully saturated rings. The Morgan fingerprint density at radius 1 is 0.958 bits per heavy atom. The highest BCUT2D eigenvalue weighted by Gasteiger charge is 2.02. The van der Waals surface area contributed by atoms with Gasteiger partial charge in [-0.3, -0.25) is 5.43 Å². The summed E-state index contributed by atoms with van der Waals surface area (Å²) < 4.78 is 0. The molecule has 3 rings (SSSR count). The Balaban J connectivity index is 1.67. The van der Waals surface area contributed by atoms with Gasteiger partial charge in [0.2, 0.25) is 0 Å². The van der Waals surface area contributed by atoms with Crippen molar-refractivity contribution >= 4 is 63.2 Å². The second-order valence-electron chi connectivity index (χ2n) is 5.02. The molecule has 24 heavy (non-hydrogen) atoms. The van der Waals surface area contributed by atoms with Crippen LogP contribution in [0, 0.1) is 0 Å². The quantitative estimate of drug-likeness (QED) is 0.363. The van der Waals surface area contributed by atoms with Crippen molar-refractivity contribution in [2.75, 3.05) is 5.32 Å². The van der Waals surface area contributed by atoms with Crippen molar-refractivity contribution in [3.63, 3.8) is 0 Å². The van der Waals surface area contributed by atoms with Crippen molar-refractivity contribution in [3.8, 4) is 0 Å². The Morgan fingerprint density at radius 2 is 1.75 bits per heavy atom. The van der Waals surface area contributed by atoms with Gasteiger partial charge in [0.05, 0.1) is 16.3 Å². The van der Waals surface area contributed by atoms with Crippen LogP contribution in [0.5, 0.6) is 0 Å². The van der Waals surface area contributed by atoms with Gasteiger partial charge >= 0.3 is 0 Å². The van der Waals surface area contributed by atoms with Crippen LogP contribution in [0.25, 0.3) is 10.8 Å². The lowest BCUT2D eigenvalue weighted by Gasteiger charge is -2.10. The third-order valence-corrected chi connectivity index (χ3v) is 4.29. The molecular weight excluding hydrogens is 361 g/mol. The van der Waals surface area contributed by atoms with Crippen molar-refractivity contribution in [1.29, 1.82) is 0 Å². The molecule has 0 aliphatic heterocycles. The fraction of sp³-hybridized carbons (Fsp3) is 0. The molecule has 120 valence electrons. The first-order valence-corrected chi connectivity index (χ1v) is 8.33. The third-order valence-electron chi connectivity index (χ3n) is 3.36. The maximum absolute atomic E-state index is 5.97. The van der Waals surface area contributed by atoms with E-state index < -0.39 is 0 Å². The summed E-state index contributed by atoms with van der Waals surface area (Å²) in [6, 6.07) is 19.4. The molecule has 3 aromatic rings. The van der Waals surface area contributed by atoms with Crippen LogP contribution < -0.4 is 10.7 Å². The summed E-state index contributed by atoms with van der Waals surface area (Å²) in [6.45, 7) is 0. The highest BCUT2D eigenvalue weighted by atomic mass is 35.5. The molecule has 3 nitrogen and oxygen atoms in total. The molecule has 0 aliphatic rings. The maximum atomic E-state index is 5.97. The molecule has 0 bridgehead atoms. The van der Waals surface area contributed by atoms with Gasteiger partial charge in [0, 0.05) is 11.1 Å². The van der Waals surface area contributed by atoms with Crippen LogP contribution in [0.2, 0.25) is 10.0 Å². The molecule has 0 heterocycles. The summed E-state index contributed by atoms with van der Waals surface area (Å²) in [7, 11) is 0. The van der Waals surface area contributed by atoms with E-state index in [4.69, 9.17) is 35.4 Å². The minimum Gasteiger partial charge on any atom is -0.331 e. The number of anilines is 1. The summed E-state index contributed by atoms with van der Waals surface area (Å²) in [5, 5.41) is 10.9. The molecule has 0 saturated carbocycles. The van der Waals surface area contributed by atoms with Crippen LogP contribution in [0.3, 0.4) is 0 Å². The lowest BCUT2D eigenvalue weighted by molar-refractivity contribution is 1.05. The van der Waals surface area contributed by atoms with E-state index in [2.05, 4.69) is 28.0 Å². The highest BCUT2D eigenvalue weighted by molar-refractivity contribution is 7.80. The fourth-order valence-electron chi connectivity index (χ4n) is 2.24. The second-order valence-corrected chi connectivity index (χ2v) is 6.25. The molecule has 0 atom stereocenters. The van der Waals surface area contributed by atoms with Gasteiger partial charge in [-0.2, -0.15) is 5.10 Å². The number of thiocarbonyl (C=S) groups is 1. The Hall–Kier alpha value is -2.14. The average molecular weight is 374 g/mol. The standard InChI is InChI=1S/C18H13Cl2N3S/c19-15-9-8-12(10-16(15)20)11-21-23-18(24)22-17-7-3-5-13-4-1-2-6-14(13)17/h1-11H,(H2,22,23,24)/b21-11+. The number of rotatable bonds is 3. The van der Waals surface area contributed by atoms with Crippen LogP contribution >= 0.6 is 35.4 Å². The van der Waals surface area contributed by atoms with Crippen molar-refractivity contribution in [2.24, 2.45) is 5.10 Å². The predicted octanol–water partition coefficient (Wildman–Crippen LogP) is 5.47. The van der Waals surface area contributed by atoms with E-state index in [1.54, 1.807) is 18.3 Å². The first-order chi connectivity index (χ1) is 11.6. The molecule has 0 spiro atoms. The number of hydrogen-bond donors (Lipinski definition) is 2. The number of nitrogens with zero attached hydrogens (tertiary/aromatic N) is 1. The van der Waals surface area contributed by atoms with Crippen molar-refractivity contribution in [2.45, 2.75) is 0 Å². The Kier molecular flexibility index (Phi) is 5.30. The highest BCUT2D eigenvalue weighted by Crippen LogP contribution is 2.23. The molecule has 3 aromatic carbocycles. The summed E-state index contributed by atoms with van der Waals surface area (Å²) in [4.78, 5) is 0. The summed E-state index contributed by atoms with van der Waals surface area (Å²) in [6.07, 6.45) is 1.62. The monoisotopic (exact) mass is 373 g/mol. The molecular formula is C18H13Cl2N3S. The minimum atomic E-state index is 0.405. The Bertz CT molecular complexity index is 920. The number of halogens is 2. The minimum absolute atomic E-state index is 0.405. The van der Waals surface area contributed by atoms with Crippen LogP contribution in [-0.4, -0.2) is 11.3 Å². The lowest BCUT2D eigenvalue weighted by Crippen LogP contribution is -2.23. The number of hydrogen-bond acceptors (Lipinski definition) is 2. The molecule has 2 N–H and O–H groups in total. The van der Waals surface area contributed by atoms with E-state index in [9.17, 15) is 0 Å². The van der Waals surface area contributed by atoms with Crippen molar-refractivity contribution in [1.82, 2.24) is 5.43 Å². The topological polar surface area (TPSA) is 36.4 Å². The molecule has 0 aliphatic carbocycles. The van der Waals surface area contributed by atoms with Crippen molar-refractivity contribution in [3.05, 3.63) is 76.3 Å². The zero-order valence-corrected chi connectivity index (χ0v) is 14.8. The number of nitrogens with one attached hydrogen (secondary N) is 2. The Morgan fingerprint density at radius 3 is 2.58 bits per heavy atom. The second kappa shape index (κ2) is 7.62. The molecule has 6 heteroatoms. The summed E-state index contributed by atoms with van der Waals surface area (Å²) in [5.74, 6) is 0. The number of benzene rings is 3. The lowest BCUT2D eigenvalue weighted by atomic mass is 10.1. The van der Waals surface area contributed by atoms with Gasteiger partial charge in [-0.25, -0.2) is 0 Å². The average Bonchev–Trinajstić information content (AvgIpc) is 2.58. The van der Waals surface area contributed by atoms with Gasteiger partial charge in [-0.1, -0.05) is 65.7 Å². The zero-order chi connectivity index (χ0) is 16.9. The van der Waals surface area contributed by atoms with Crippen LogP contribution in [0.15, 0.2) is 65.8 Å². The normalized spacial score (nSPS) is 10.9. The van der Waals surface area contributed by atoms with Crippen LogP contribution in [-0.2, 0) is 0 Å². The van der Waals surface area contributed by atoms with Gasteiger partial charge in [0.25, 0.3) is 0 Å². The van der Waals surface area contributed by atoms with Crippen LogP contribution in [0.4, 0.5) is 5.69 Å². The zero-order valence-electron chi connectivity index (χ0n) is 12.5. The molecule has 0 radical (unpaired) electrons. The molecule has 0 unspecified atom stereocenters. The first kappa shape index (κ1) is 16.7. The van der Waals surface area contributed by atoms with E-state index >= 15 is 0 Å². The predicted molar refractivity (Wildman–Crippen MR) is 107 cm³/mol. The number of hydrazone groups is 1. The van der Waals surface area contributed by atoms with Gasteiger partial charge in [0.1, 0.15) is 0 Å². The van der Waals surface area contributed by atoms with E-state index in [-0.39, 0.29) is 0 Å². The molecule has 0 saturated heterocycles. The largest absolute Gasteiger partial charge is 0.331 e. The van der Waals surface area contributed by atoms with E-state index in [0.717, 1.165) is 22.0 Å². The number of fused-ring (bicyclic) bond motifs is 1. The van der Waals surface area contributed by atoms with Crippen LogP contribution in [0.1, 0.15) is 5.56 Å². The van der Waals surface area contributed by atoms with Gasteiger partial charge in [-0.05, 0) is 41.4 Å². The molecule has 0 amide bonds. The summed E-state index contributed by atoms with van der Waals surface area (Å²) >= 11 is 17.1. The fourth-order valence-corrected chi connectivity index (χ4v) is 2.71. The maximum Gasteiger partial charge on any atom is 0.191 e. The first-order valence-electron chi connectivity index (χ1n) is 7.16. The van der Waals surface area contributed by atoms with Gasteiger partial charge in [0.15, 0.2) is 5.11 Å². The van der Waals surface area contributed by atoms with E-state index in [1.807, 2.05) is 36.4 Å². The van der Waals surface area contributed by atoms with E-state index in [0.29, 0.717) is 15.2 Å². The Labute approximate surface area is 155 Å². The summed E-state index contributed by atoms with van der Waals surface area (Å²) in [5.41, 5.74) is 4.54. The van der Waals surface area contributed by atoms with Crippen molar-refractivity contribution < 1.29 is 0 Å². The molecule has 0 aromatic heterocycles. The van der Waals surface area contributed by atoms with Gasteiger partial charge < -0.3 is 5.32 Å². The van der Waals surface area contributed by atoms with E-state index in [1.165, 1.54) is 0 Å². The third kappa shape index (κ3) is 4.03. The smallest absolute Gasteiger partial charge is 0.191 e. The SMILES string of the molecule is S=C(N/N=C/c1ccc(Cl)c(Cl)c1)Nc1cccc2ccccc12. The van der Waals surface area contributed by atoms with Gasteiger partial charge in [-0.15, -0.1) is 0 Å².